The fourth-order valence-electron chi connectivity index (χ4n) is 1.58. The van der Waals surface area contributed by atoms with E-state index in [1.54, 1.807) is 26.0 Å². The maximum Gasteiger partial charge on any atom is 0.328 e. The standard InChI is InChI=1S/C15H20N2O4/c1-9(2)16-15(20)11(4)21-13-7-5-10(3)17-12(13)6-8-14(18)19/h5-9,11H,1-4H3,(H,16,20)(H,18,19). The van der Waals surface area contributed by atoms with E-state index in [2.05, 4.69) is 10.3 Å². The van der Waals surface area contributed by atoms with E-state index in [0.717, 1.165) is 11.8 Å². The average Bonchev–Trinajstić information content (AvgIpc) is 2.37. The summed E-state index contributed by atoms with van der Waals surface area (Å²) in [5.41, 5.74) is 1.10. The number of carboxylic acids is 1. The SMILES string of the molecule is Cc1ccc(OC(C)C(=O)NC(C)C)c(C=CC(=O)O)n1. The molecule has 0 saturated heterocycles. The lowest BCUT2D eigenvalue weighted by Gasteiger charge is -2.17. The van der Waals surface area contributed by atoms with Crippen LogP contribution in [0.15, 0.2) is 18.2 Å². The van der Waals surface area contributed by atoms with Gasteiger partial charge in [-0.15, -0.1) is 0 Å². The predicted octanol–water partition coefficient (Wildman–Crippen LogP) is 1.78. The third-order valence-electron chi connectivity index (χ3n) is 2.51. The highest BCUT2D eigenvalue weighted by molar-refractivity contribution is 5.85. The number of ether oxygens (including phenoxy) is 1. The fourth-order valence-corrected chi connectivity index (χ4v) is 1.58. The minimum Gasteiger partial charge on any atom is -0.479 e. The largest absolute Gasteiger partial charge is 0.479 e. The molecule has 6 nitrogen and oxygen atoms in total. The minimum atomic E-state index is -1.07. The van der Waals surface area contributed by atoms with Crippen molar-refractivity contribution in [3.63, 3.8) is 0 Å². The molecule has 0 aliphatic heterocycles. The van der Waals surface area contributed by atoms with Crippen LogP contribution in [-0.2, 0) is 9.59 Å². The molecule has 1 aromatic rings. The lowest BCUT2D eigenvalue weighted by atomic mass is 10.2. The summed E-state index contributed by atoms with van der Waals surface area (Å²) in [6.07, 6.45) is 1.62. The number of carboxylic acid groups (broad SMARTS) is 1. The van der Waals surface area contributed by atoms with Gasteiger partial charge in [0.1, 0.15) is 11.4 Å². The number of carbonyl (C=O) groups excluding carboxylic acids is 1. The molecule has 1 rings (SSSR count). The monoisotopic (exact) mass is 292 g/mol. The number of hydrogen-bond donors (Lipinski definition) is 2. The second-order valence-electron chi connectivity index (χ2n) is 4.93. The summed E-state index contributed by atoms with van der Waals surface area (Å²) in [4.78, 5) is 26.6. The average molecular weight is 292 g/mol. The first-order valence-corrected chi connectivity index (χ1v) is 6.65. The van der Waals surface area contributed by atoms with Gasteiger partial charge in [-0.25, -0.2) is 9.78 Å². The van der Waals surface area contributed by atoms with Crippen LogP contribution < -0.4 is 10.1 Å². The molecule has 0 aliphatic rings. The second kappa shape index (κ2) is 7.42. The molecule has 0 spiro atoms. The third-order valence-corrected chi connectivity index (χ3v) is 2.51. The third kappa shape index (κ3) is 5.64. The van der Waals surface area contributed by atoms with E-state index in [1.807, 2.05) is 13.8 Å². The van der Waals surface area contributed by atoms with Crippen molar-refractivity contribution in [3.05, 3.63) is 29.6 Å². The number of aliphatic carboxylic acids is 1. The first-order chi connectivity index (χ1) is 9.79. The maximum atomic E-state index is 11.8. The zero-order valence-electron chi connectivity index (χ0n) is 12.6. The van der Waals surface area contributed by atoms with E-state index in [-0.39, 0.29) is 11.9 Å². The van der Waals surface area contributed by atoms with Crippen molar-refractivity contribution in [2.45, 2.75) is 39.8 Å². The molecule has 1 amide bonds. The Hall–Kier alpha value is -2.37. The number of nitrogens with one attached hydrogen (secondary N) is 1. The van der Waals surface area contributed by atoms with Gasteiger partial charge in [-0.3, -0.25) is 4.79 Å². The van der Waals surface area contributed by atoms with Gasteiger partial charge in [0.2, 0.25) is 0 Å². The van der Waals surface area contributed by atoms with Crippen LogP contribution >= 0.6 is 0 Å². The van der Waals surface area contributed by atoms with Crippen LogP contribution in [0, 0.1) is 6.92 Å². The molecule has 1 atom stereocenters. The molecule has 2 N–H and O–H groups in total. The first-order valence-electron chi connectivity index (χ1n) is 6.65. The quantitative estimate of drug-likeness (QED) is 0.780. The summed E-state index contributed by atoms with van der Waals surface area (Å²) in [5.74, 6) is -0.946. The summed E-state index contributed by atoms with van der Waals surface area (Å²) in [6.45, 7) is 7.14. The van der Waals surface area contributed by atoms with Crippen LogP contribution in [0.5, 0.6) is 5.75 Å². The lowest BCUT2D eigenvalue weighted by Crippen LogP contribution is -2.40. The smallest absolute Gasteiger partial charge is 0.328 e. The van der Waals surface area contributed by atoms with Crippen molar-refractivity contribution in [3.8, 4) is 5.75 Å². The molecule has 1 aromatic heterocycles. The Bertz CT molecular complexity index is 553. The van der Waals surface area contributed by atoms with Crippen molar-refractivity contribution in [2.24, 2.45) is 0 Å². The highest BCUT2D eigenvalue weighted by Gasteiger charge is 2.17. The molecule has 21 heavy (non-hydrogen) atoms. The van der Waals surface area contributed by atoms with Gasteiger partial charge in [0.05, 0.1) is 0 Å². The van der Waals surface area contributed by atoms with Gasteiger partial charge in [0.15, 0.2) is 6.10 Å². The number of amides is 1. The fraction of sp³-hybridized carbons (Fsp3) is 0.400. The Morgan fingerprint density at radius 2 is 2.00 bits per heavy atom. The topological polar surface area (TPSA) is 88.5 Å². The van der Waals surface area contributed by atoms with Crippen molar-refractivity contribution in [1.82, 2.24) is 10.3 Å². The summed E-state index contributed by atoms with van der Waals surface area (Å²) in [7, 11) is 0. The summed E-state index contributed by atoms with van der Waals surface area (Å²) in [5, 5.41) is 11.4. The Balaban J connectivity index is 2.92. The van der Waals surface area contributed by atoms with E-state index >= 15 is 0 Å². The van der Waals surface area contributed by atoms with Crippen molar-refractivity contribution in [2.75, 3.05) is 0 Å². The first kappa shape index (κ1) is 16.7. The Kier molecular flexibility index (Phi) is 5.90. The predicted molar refractivity (Wildman–Crippen MR) is 79.0 cm³/mol. The molecule has 0 aliphatic carbocycles. The molecule has 1 unspecified atom stereocenters. The summed E-state index contributed by atoms with van der Waals surface area (Å²) < 4.78 is 5.58. The van der Waals surface area contributed by atoms with Gasteiger partial charge in [0.25, 0.3) is 5.91 Å². The van der Waals surface area contributed by atoms with Gasteiger partial charge >= 0.3 is 5.97 Å². The van der Waals surface area contributed by atoms with Crippen molar-refractivity contribution in [1.29, 1.82) is 0 Å². The molecule has 0 radical (unpaired) electrons. The number of aromatic nitrogens is 1. The lowest BCUT2D eigenvalue weighted by molar-refractivity contribution is -0.131. The van der Waals surface area contributed by atoms with Crippen LogP contribution in [0.2, 0.25) is 0 Å². The van der Waals surface area contributed by atoms with Gasteiger partial charge in [-0.2, -0.15) is 0 Å². The molecule has 0 saturated carbocycles. The van der Waals surface area contributed by atoms with E-state index in [4.69, 9.17) is 9.84 Å². The second-order valence-corrected chi connectivity index (χ2v) is 4.93. The van der Waals surface area contributed by atoms with Crippen LogP contribution in [0.1, 0.15) is 32.2 Å². The van der Waals surface area contributed by atoms with E-state index in [0.29, 0.717) is 11.4 Å². The number of pyridine rings is 1. The van der Waals surface area contributed by atoms with E-state index < -0.39 is 12.1 Å². The number of nitrogens with zero attached hydrogens (tertiary/aromatic N) is 1. The highest BCUT2D eigenvalue weighted by Crippen LogP contribution is 2.20. The number of carbonyl (C=O) groups is 2. The van der Waals surface area contributed by atoms with Crippen LogP contribution in [0.3, 0.4) is 0 Å². The number of aryl methyl sites for hydroxylation is 1. The van der Waals surface area contributed by atoms with Gasteiger partial charge in [-0.1, -0.05) is 0 Å². The molecule has 114 valence electrons. The molecule has 6 heteroatoms. The number of hydrogen-bond acceptors (Lipinski definition) is 4. The molecular weight excluding hydrogens is 272 g/mol. The zero-order valence-corrected chi connectivity index (χ0v) is 12.6. The minimum absolute atomic E-state index is 0.0195. The van der Waals surface area contributed by atoms with Crippen LogP contribution in [-0.4, -0.2) is 34.1 Å². The molecule has 0 bridgehead atoms. The molecular formula is C15H20N2O4. The Morgan fingerprint density at radius 3 is 2.57 bits per heavy atom. The van der Waals surface area contributed by atoms with Gasteiger partial charge in [-0.05, 0) is 45.9 Å². The van der Waals surface area contributed by atoms with Crippen LogP contribution in [0.25, 0.3) is 6.08 Å². The summed E-state index contributed by atoms with van der Waals surface area (Å²) >= 11 is 0. The normalized spacial score (nSPS) is 12.4. The molecule has 0 fully saturated rings. The van der Waals surface area contributed by atoms with Gasteiger partial charge < -0.3 is 15.2 Å². The Labute approximate surface area is 123 Å². The molecule has 0 aromatic carbocycles. The van der Waals surface area contributed by atoms with Crippen LogP contribution in [0.4, 0.5) is 0 Å². The van der Waals surface area contributed by atoms with E-state index in [1.165, 1.54) is 6.08 Å². The van der Waals surface area contributed by atoms with E-state index in [9.17, 15) is 9.59 Å². The maximum absolute atomic E-state index is 11.8. The molecule has 1 heterocycles. The Morgan fingerprint density at radius 1 is 1.33 bits per heavy atom. The van der Waals surface area contributed by atoms with Crippen molar-refractivity contribution >= 4 is 18.0 Å². The van der Waals surface area contributed by atoms with Crippen molar-refractivity contribution < 1.29 is 19.4 Å². The summed E-state index contributed by atoms with van der Waals surface area (Å²) in [6, 6.07) is 3.43. The van der Waals surface area contributed by atoms with Gasteiger partial charge in [0, 0.05) is 17.8 Å². The zero-order chi connectivity index (χ0) is 16.0. The number of rotatable bonds is 6. The highest BCUT2D eigenvalue weighted by atomic mass is 16.5.